The predicted octanol–water partition coefficient (Wildman–Crippen LogP) is 3.13. The number of epoxide rings is 1. The number of ketones is 1. The summed E-state index contributed by atoms with van der Waals surface area (Å²) in [6.45, 7) is 9.82. The highest BCUT2D eigenvalue weighted by Gasteiger charge is 2.50. The Morgan fingerprint density at radius 3 is 1.74 bits per heavy atom. The molecule has 1 heterocycles. The zero-order chi connectivity index (χ0) is 31.6. The average molecular weight is 594 g/mol. The van der Waals surface area contributed by atoms with Crippen LogP contribution in [0.1, 0.15) is 65.0 Å². The Bertz CT molecular complexity index is 1210. The number of aliphatic hydroxyl groups excluding tert-OH is 1. The van der Waals surface area contributed by atoms with E-state index in [9.17, 15) is 24.3 Å². The minimum atomic E-state index is -1.29. The van der Waals surface area contributed by atoms with Gasteiger partial charge >= 0.3 is 0 Å². The number of carbonyl (C=O) groups excluding carboxylic acids is 4. The number of nitrogens with one attached hydrogen (secondary N) is 3. The first-order chi connectivity index (χ1) is 20.4. The van der Waals surface area contributed by atoms with Gasteiger partial charge in [0.05, 0.1) is 12.6 Å². The van der Waals surface area contributed by atoms with Gasteiger partial charge in [0.15, 0.2) is 5.78 Å². The Balaban J connectivity index is 1.74. The Hall–Kier alpha value is -3.56. The van der Waals surface area contributed by atoms with E-state index in [1.54, 1.807) is 6.92 Å². The molecule has 0 saturated carbocycles. The number of ether oxygens (including phenoxy) is 1. The molecular formula is C34H47N3O6. The Labute approximate surface area is 255 Å². The van der Waals surface area contributed by atoms with Crippen LogP contribution in [-0.4, -0.2) is 65.0 Å². The van der Waals surface area contributed by atoms with E-state index < -0.39 is 47.6 Å². The van der Waals surface area contributed by atoms with Crippen molar-refractivity contribution in [2.45, 2.75) is 96.6 Å². The lowest BCUT2D eigenvalue weighted by Gasteiger charge is -2.27. The highest BCUT2D eigenvalue weighted by Crippen LogP contribution is 2.29. The first-order valence-electron chi connectivity index (χ1n) is 15.2. The number of aliphatic hydroxyl groups is 1. The molecule has 1 fully saturated rings. The predicted molar refractivity (Wildman–Crippen MR) is 165 cm³/mol. The van der Waals surface area contributed by atoms with Crippen molar-refractivity contribution >= 4 is 23.5 Å². The summed E-state index contributed by atoms with van der Waals surface area (Å²) in [5.41, 5.74) is 0.920. The minimum Gasteiger partial charge on any atom is -0.383 e. The maximum atomic E-state index is 13.7. The van der Waals surface area contributed by atoms with E-state index in [0.29, 0.717) is 25.9 Å². The third kappa shape index (κ3) is 10.9. The van der Waals surface area contributed by atoms with Crippen molar-refractivity contribution in [3.8, 4) is 0 Å². The molecule has 2 aromatic rings. The van der Waals surface area contributed by atoms with Crippen molar-refractivity contribution in [1.29, 1.82) is 0 Å². The molecule has 9 heteroatoms. The van der Waals surface area contributed by atoms with Crippen molar-refractivity contribution < 1.29 is 29.0 Å². The molecule has 2 aromatic carbocycles. The van der Waals surface area contributed by atoms with Crippen LogP contribution in [0.3, 0.4) is 0 Å². The van der Waals surface area contributed by atoms with Crippen LogP contribution in [0.2, 0.25) is 0 Å². The summed E-state index contributed by atoms with van der Waals surface area (Å²) in [7, 11) is 0. The van der Waals surface area contributed by atoms with E-state index >= 15 is 0 Å². The lowest BCUT2D eigenvalue weighted by atomic mass is 9.93. The zero-order valence-electron chi connectivity index (χ0n) is 26.0. The van der Waals surface area contributed by atoms with Crippen LogP contribution in [-0.2, 0) is 36.8 Å². The van der Waals surface area contributed by atoms with E-state index in [1.807, 2.05) is 88.4 Å². The van der Waals surface area contributed by atoms with E-state index in [1.165, 1.54) is 0 Å². The monoisotopic (exact) mass is 593 g/mol. The molecule has 0 spiro atoms. The van der Waals surface area contributed by atoms with Gasteiger partial charge in [0, 0.05) is 6.42 Å². The average Bonchev–Trinajstić information content (AvgIpc) is 3.73. The number of hydrogen-bond acceptors (Lipinski definition) is 6. The fraction of sp³-hybridized carbons (Fsp3) is 0.529. The fourth-order valence-electron chi connectivity index (χ4n) is 4.98. The molecule has 234 valence electrons. The van der Waals surface area contributed by atoms with Gasteiger partial charge in [-0.3, -0.25) is 19.2 Å². The number of amides is 3. The molecular weight excluding hydrogens is 546 g/mol. The molecule has 1 aliphatic rings. The van der Waals surface area contributed by atoms with Gasteiger partial charge in [-0.25, -0.2) is 0 Å². The van der Waals surface area contributed by atoms with Crippen molar-refractivity contribution in [2.24, 2.45) is 11.8 Å². The Morgan fingerprint density at radius 2 is 1.21 bits per heavy atom. The van der Waals surface area contributed by atoms with Gasteiger partial charge in [0.1, 0.15) is 23.8 Å². The first kappa shape index (κ1) is 33.9. The zero-order valence-corrected chi connectivity index (χ0v) is 26.0. The molecule has 1 saturated heterocycles. The molecule has 0 radical (unpaired) electrons. The standard InChI is InChI=1S/C34H47N3O6/c1-22(2)18-26(30(39)34(5)21-43-34)35-32(41)28(20-25-14-10-7-11-15-25)36-31(40)27(19-23(3)4)37-33(42)29(38)17-16-24-12-8-6-9-13-24/h6-15,22-23,26-29,38H,16-21H2,1-5H3,(H,35,41)(H,36,40)(H,37,42). The van der Waals surface area contributed by atoms with Crippen LogP contribution in [0.25, 0.3) is 0 Å². The van der Waals surface area contributed by atoms with E-state index in [-0.39, 0.29) is 30.5 Å². The topological polar surface area (TPSA) is 137 Å². The third-order valence-corrected chi connectivity index (χ3v) is 7.55. The van der Waals surface area contributed by atoms with E-state index in [0.717, 1.165) is 11.1 Å². The summed E-state index contributed by atoms with van der Waals surface area (Å²) < 4.78 is 5.36. The van der Waals surface area contributed by atoms with Crippen LogP contribution in [0.4, 0.5) is 0 Å². The second kappa shape index (κ2) is 15.8. The van der Waals surface area contributed by atoms with Gasteiger partial charge in [0.25, 0.3) is 0 Å². The second-order valence-electron chi connectivity index (χ2n) is 12.6. The summed E-state index contributed by atoms with van der Waals surface area (Å²) in [6.07, 6.45) is 0.362. The van der Waals surface area contributed by atoms with Crippen molar-refractivity contribution in [3.05, 3.63) is 71.8 Å². The quantitative estimate of drug-likeness (QED) is 0.208. The number of benzene rings is 2. The Kier molecular flexibility index (Phi) is 12.5. The summed E-state index contributed by atoms with van der Waals surface area (Å²) in [5.74, 6) is -1.66. The maximum Gasteiger partial charge on any atom is 0.249 e. The number of hydrogen-bond donors (Lipinski definition) is 4. The van der Waals surface area contributed by atoms with Crippen molar-refractivity contribution in [2.75, 3.05) is 6.61 Å². The smallest absolute Gasteiger partial charge is 0.249 e. The normalized spacial score (nSPS) is 18.8. The van der Waals surface area contributed by atoms with Crippen LogP contribution in [0.5, 0.6) is 0 Å². The van der Waals surface area contributed by atoms with Crippen LogP contribution >= 0.6 is 0 Å². The highest BCUT2D eigenvalue weighted by atomic mass is 16.6. The van der Waals surface area contributed by atoms with Crippen LogP contribution in [0, 0.1) is 11.8 Å². The number of carbonyl (C=O) groups is 4. The largest absolute Gasteiger partial charge is 0.383 e. The molecule has 0 bridgehead atoms. The molecule has 4 N–H and O–H groups in total. The van der Waals surface area contributed by atoms with Gasteiger partial charge in [-0.2, -0.15) is 0 Å². The second-order valence-corrected chi connectivity index (χ2v) is 12.6. The Morgan fingerprint density at radius 1 is 0.744 bits per heavy atom. The SMILES string of the molecule is CC(C)CC(NC(=O)C(O)CCc1ccccc1)C(=O)NC(Cc1ccccc1)C(=O)NC(CC(C)C)C(=O)C1(C)CO1. The van der Waals surface area contributed by atoms with Gasteiger partial charge in [-0.1, -0.05) is 88.4 Å². The lowest BCUT2D eigenvalue weighted by Crippen LogP contribution is -2.58. The molecule has 43 heavy (non-hydrogen) atoms. The van der Waals surface area contributed by atoms with Crippen LogP contribution in [0.15, 0.2) is 60.7 Å². The van der Waals surface area contributed by atoms with E-state index in [4.69, 9.17) is 4.74 Å². The summed E-state index contributed by atoms with van der Waals surface area (Å²) >= 11 is 0. The molecule has 3 rings (SSSR count). The van der Waals surface area contributed by atoms with Crippen LogP contribution < -0.4 is 16.0 Å². The highest BCUT2D eigenvalue weighted by molar-refractivity contribution is 5.98. The number of aryl methyl sites for hydroxylation is 1. The number of Topliss-reactive ketones (excluding diaryl/α,β-unsaturated/α-hetero) is 1. The van der Waals surface area contributed by atoms with Gasteiger partial charge in [0.2, 0.25) is 17.7 Å². The number of rotatable bonds is 17. The van der Waals surface area contributed by atoms with Crippen molar-refractivity contribution in [1.82, 2.24) is 16.0 Å². The van der Waals surface area contributed by atoms with Crippen molar-refractivity contribution in [3.63, 3.8) is 0 Å². The molecule has 0 aromatic heterocycles. The maximum absolute atomic E-state index is 13.7. The van der Waals surface area contributed by atoms with E-state index in [2.05, 4.69) is 16.0 Å². The van der Waals surface area contributed by atoms with Gasteiger partial charge in [-0.15, -0.1) is 0 Å². The molecule has 1 aliphatic heterocycles. The van der Waals surface area contributed by atoms with Gasteiger partial charge in [-0.05, 0) is 55.6 Å². The minimum absolute atomic E-state index is 0.0474. The summed E-state index contributed by atoms with van der Waals surface area (Å²) in [5, 5.41) is 19.0. The molecule has 5 unspecified atom stereocenters. The summed E-state index contributed by atoms with van der Waals surface area (Å²) in [4.78, 5) is 53.4. The summed E-state index contributed by atoms with van der Waals surface area (Å²) in [6, 6.07) is 16.1. The fourth-order valence-corrected chi connectivity index (χ4v) is 4.98. The molecule has 9 nitrogen and oxygen atoms in total. The third-order valence-electron chi connectivity index (χ3n) is 7.55. The first-order valence-corrected chi connectivity index (χ1v) is 15.2. The molecule has 0 aliphatic carbocycles. The molecule has 3 amide bonds. The van der Waals surface area contributed by atoms with Gasteiger partial charge < -0.3 is 25.8 Å². The lowest BCUT2D eigenvalue weighted by molar-refractivity contribution is -0.136. The molecule has 5 atom stereocenters.